The van der Waals surface area contributed by atoms with Crippen LogP contribution in [0, 0.1) is 5.82 Å². The largest absolute Gasteiger partial charge is 0.383 e. The standard InChI is InChI=1S/C16H18ClFN2O5S2/c1-11(10-25-2)19-26(21,22)13-5-3-12(4-6-13)20-27(23,24)14-7-8-16(18)15(17)9-14/h3-9,11,19-20H,10H2,1-2H3. The van der Waals surface area contributed by atoms with Gasteiger partial charge in [-0.2, -0.15) is 0 Å². The molecule has 27 heavy (non-hydrogen) atoms. The molecule has 0 aliphatic carbocycles. The highest BCUT2D eigenvalue weighted by Gasteiger charge is 2.19. The maximum absolute atomic E-state index is 13.2. The van der Waals surface area contributed by atoms with Crippen molar-refractivity contribution in [3.8, 4) is 0 Å². The second kappa shape index (κ2) is 8.53. The average Bonchev–Trinajstić information content (AvgIpc) is 2.57. The molecule has 2 N–H and O–H groups in total. The minimum absolute atomic E-state index is 0.0294. The molecule has 0 radical (unpaired) electrons. The van der Waals surface area contributed by atoms with Crippen LogP contribution in [0.3, 0.4) is 0 Å². The molecule has 0 aromatic heterocycles. The SMILES string of the molecule is COCC(C)NS(=O)(=O)c1ccc(NS(=O)(=O)c2ccc(F)c(Cl)c2)cc1. The normalized spacial score (nSPS) is 13.3. The van der Waals surface area contributed by atoms with E-state index in [0.717, 1.165) is 18.2 Å². The van der Waals surface area contributed by atoms with Gasteiger partial charge in [-0.15, -0.1) is 0 Å². The number of nitrogens with one attached hydrogen (secondary N) is 2. The second-order valence-electron chi connectivity index (χ2n) is 5.68. The molecule has 7 nitrogen and oxygen atoms in total. The molecule has 0 spiro atoms. The first-order valence-electron chi connectivity index (χ1n) is 7.64. The van der Waals surface area contributed by atoms with Crippen molar-refractivity contribution >= 4 is 37.3 Å². The summed E-state index contributed by atoms with van der Waals surface area (Å²) in [6, 6.07) is 7.70. The molecule has 11 heteroatoms. The zero-order valence-corrected chi connectivity index (χ0v) is 16.8. The number of hydrogen-bond donors (Lipinski definition) is 2. The lowest BCUT2D eigenvalue weighted by molar-refractivity contribution is 0.180. The number of hydrogen-bond acceptors (Lipinski definition) is 5. The van der Waals surface area contributed by atoms with Gasteiger partial charge in [-0.3, -0.25) is 4.72 Å². The van der Waals surface area contributed by atoms with E-state index in [1.54, 1.807) is 6.92 Å². The van der Waals surface area contributed by atoms with Crippen LogP contribution in [0.1, 0.15) is 6.92 Å². The van der Waals surface area contributed by atoms with Gasteiger partial charge in [-0.25, -0.2) is 25.9 Å². The lowest BCUT2D eigenvalue weighted by Gasteiger charge is -2.14. The van der Waals surface area contributed by atoms with Crippen LogP contribution in [0.5, 0.6) is 0 Å². The fourth-order valence-electron chi connectivity index (χ4n) is 2.18. The van der Waals surface area contributed by atoms with Crippen LogP contribution < -0.4 is 9.44 Å². The lowest BCUT2D eigenvalue weighted by Crippen LogP contribution is -2.35. The van der Waals surface area contributed by atoms with Crippen LogP contribution in [0.25, 0.3) is 0 Å². The van der Waals surface area contributed by atoms with Crippen molar-refractivity contribution in [2.75, 3.05) is 18.4 Å². The predicted octanol–water partition coefficient (Wildman–Crippen LogP) is 2.59. The summed E-state index contributed by atoms with van der Waals surface area (Å²) in [4.78, 5) is -0.251. The zero-order valence-electron chi connectivity index (χ0n) is 14.4. The molecule has 0 amide bonds. The minimum atomic E-state index is -4.01. The number of anilines is 1. The second-order valence-corrected chi connectivity index (χ2v) is 9.49. The fourth-order valence-corrected chi connectivity index (χ4v) is 4.74. The molecule has 148 valence electrons. The summed E-state index contributed by atoms with van der Waals surface area (Å²) in [5.41, 5.74) is 0.138. The third kappa shape index (κ3) is 5.63. The van der Waals surface area contributed by atoms with Gasteiger partial charge in [-0.05, 0) is 49.4 Å². The van der Waals surface area contributed by atoms with Crippen molar-refractivity contribution in [2.24, 2.45) is 0 Å². The molecular weight excluding hydrogens is 419 g/mol. The smallest absolute Gasteiger partial charge is 0.261 e. The number of ether oxygens (including phenoxy) is 1. The van der Waals surface area contributed by atoms with E-state index in [2.05, 4.69) is 9.44 Å². The van der Waals surface area contributed by atoms with Crippen LogP contribution in [-0.4, -0.2) is 36.6 Å². The Morgan fingerprint density at radius 1 is 1.04 bits per heavy atom. The van der Waals surface area contributed by atoms with Crippen LogP contribution in [-0.2, 0) is 24.8 Å². The van der Waals surface area contributed by atoms with E-state index < -0.39 is 31.9 Å². The Kier molecular flexibility index (Phi) is 6.82. The topological polar surface area (TPSA) is 102 Å². The lowest BCUT2D eigenvalue weighted by atomic mass is 10.3. The first kappa shape index (κ1) is 21.6. The highest BCUT2D eigenvalue weighted by Crippen LogP contribution is 2.22. The van der Waals surface area contributed by atoms with Crippen LogP contribution >= 0.6 is 11.6 Å². The van der Waals surface area contributed by atoms with Crippen molar-refractivity contribution in [3.05, 3.63) is 53.3 Å². The van der Waals surface area contributed by atoms with E-state index in [-0.39, 0.29) is 27.1 Å². The van der Waals surface area contributed by atoms with E-state index in [4.69, 9.17) is 16.3 Å². The van der Waals surface area contributed by atoms with E-state index >= 15 is 0 Å². The molecule has 0 aliphatic heterocycles. The summed E-state index contributed by atoms with van der Waals surface area (Å²) in [5.74, 6) is -0.736. The van der Waals surface area contributed by atoms with Crippen molar-refractivity contribution in [2.45, 2.75) is 22.8 Å². The van der Waals surface area contributed by atoms with Crippen molar-refractivity contribution < 1.29 is 26.0 Å². The van der Waals surface area contributed by atoms with Gasteiger partial charge in [0.1, 0.15) is 5.82 Å². The molecule has 0 heterocycles. The van der Waals surface area contributed by atoms with Gasteiger partial charge in [0.05, 0.1) is 21.4 Å². The van der Waals surface area contributed by atoms with E-state index in [1.807, 2.05) is 0 Å². The summed E-state index contributed by atoms with van der Waals surface area (Å²) in [6.45, 7) is 1.86. The molecule has 1 unspecified atom stereocenters. The number of rotatable bonds is 8. The molecule has 0 aliphatic rings. The Morgan fingerprint density at radius 2 is 1.63 bits per heavy atom. The Hall–Kier alpha value is -1.72. The van der Waals surface area contributed by atoms with Crippen molar-refractivity contribution in [1.29, 1.82) is 0 Å². The molecule has 1 atom stereocenters. The molecule has 0 fully saturated rings. The van der Waals surface area contributed by atoms with Gasteiger partial charge in [0, 0.05) is 18.8 Å². The molecule has 2 rings (SSSR count). The summed E-state index contributed by atoms with van der Waals surface area (Å²) in [5, 5.41) is -0.324. The monoisotopic (exact) mass is 436 g/mol. The third-order valence-corrected chi connectivity index (χ3v) is 6.67. The highest BCUT2D eigenvalue weighted by atomic mass is 35.5. The molecule has 0 bridgehead atoms. The van der Waals surface area contributed by atoms with E-state index in [9.17, 15) is 21.2 Å². The Morgan fingerprint density at radius 3 is 2.19 bits per heavy atom. The maximum Gasteiger partial charge on any atom is 0.261 e. The Balaban J connectivity index is 2.18. The fraction of sp³-hybridized carbons (Fsp3) is 0.250. The van der Waals surface area contributed by atoms with Gasteiger partial charge < -0.3 is 4.74 Å². The van der Waals surface area contributed by atoms with E-state index in [1.165, 1.54) is 31.4 Å². The number of sulfonamides is 2. The number of methoxy groups -OCH3 is 1. The Labute approximate surface area is 162 Å². The highest BCUT2D eigenvalue weighted by molar-refractivity contribution is 7.92. The van der Waals surface area contributed by atoms with Crippen LogP contribution in [0.4, 0.5) is 10.1 Å². The Bertz CT molecular complexity index is 1010. The molecular formula is C16H18ClFN2O5S2. The number of halogens is 2. The molecule has 2 aromatic rings. The summed E-state index contributed by atoms with van der Waals surface area (Å²) >= 11 is 5.61. The van der Waals surface area contributed by atoms with Crippen LogP contribution in [0.2, 0.25) is 5.02 Å². The van der Waals surface area contributed by atoms with Crippen LogP contribution in [0.15, 0.2) is 52.3 Å². The summed E-state index contributed by atoms with van der Waals surface area (Å²) < 4.78 is 71.9. The van der Waals surface area contributed by atoms with Crippen molar-refractivity contribution in [3.63, 3.8) is 0 Å². The van der Waals surface area contributed by atoms with Gasteiger partial charge >= 0.3 is 0 Å². The average molecular weight is 437 g/mol. The molecule has 0 saturated carbocycles. The van der Waals surface area contributed by atoms with Gasteiger partial charge in [0.15, 0.2) is 0 Å². The minimum Gasteiger partial charge on any atom is -0.383 e. The number of benzene rings is 2. The van der Waals surface area contributed by atoms with Crippen molar-refractivity contribution in [1.82, 2.24) is 4.72 Å². The third-order valence-electron chi connectivity index (χ3n) is 3.39. The predicted molar refractivity (Wildman–Crippen MR) is 100 cm³/mol. The van der Waals surface area contributed by atoms with Gasteiger partial charge in [0.2, 0.25) is 10.0 Å². The zero-order chi connectivity index (χ0) is 20.2. The molecule has 0 saturated heterocycles. The maximum atomic E-state index is 13.2. The summed E-state index contributed by atoms with van der Waals surface area (Å²) in [6.07, 6.45) is 0. The quantitative estimate of drug-likeness (QED) is 0.662. The van der Waals surface area contributed by atoms with E-state index in [0.29, 0.717) is 0 Å². The molecule has 2 aromatic carbocycles. The first-order chi connectivity index (χ1) is 12.5. The summed E-state index contributed by atoms with van der Waals surface area (Å²) in [7, 11) is -6.32. The first-order valence-corrected chi connectivity index (χ1v) is 11.0. The van der Waals surface area contributed by atoms with Gasteiger partial charge in [0.25, 0.3) is 10.0 Å². The van der Waals surface area contributed by atoms with Gasteiger partial charge in [-0.1, -0.05) is 11.6 Å².